The second-order valence-electron chi connectivity index (χ2n) is 4.59. The van der Waals surface area contributed by atoms with Crippen LogP contribution < -0.4 is 5.32 Å². The summed E-state index contributed by atoms with van der Waals surface area (Å²) in [5.74, 6) is -2.20. The molecule has 0 unspecified atom stereocenters. The molecule has 0 aromatic heterocycles. The van der Waals surface area contributed by atoms with Crippen LogP contribution in [-0.2, 0) is 9.53 Å². The first-order valence-electron chi connectivity index (χ1n) is 5.58. The molecule has 1 fully saturated rings. The summed E-state index contributed by atoms with van der Waals surface area (Å²) in [4.78, 5) is 12.0. The predicted octanol–water partition coefficient (Wildman–Crippen LogP) is -0.493. The predicted molar refractivity (Wildman–Crippen MR) is 59.6 cm³/mol. The first-order chi connectivity index (χ1) is 8.78. The Hall–Kier alpha value is -1.51. The highest BCUT2D eigenvalue weighted by molar-refractivity contribution is 5.93. The second kappa shape index (κ2) is 4.55. The van der Waals surface area contributed by atoms with Crippen molar-refractivity contribution >= 4 is 5.91 Å². The minimum atomic E-state index is -2.27. The van der Waals surface area contributed by atoms with E-state index in [4.69, 9.17) is 9.84 Å². The Kier molecular flexibility index (Phi) is 3.33. The van der Waals surface area contributed by atoms with E-state index in [1.165, 1.54) is 0 Å². The summed E-state index contributed by atoms with van der Waals surface area (Å²) in [6.07, 6.45) is -3.37. The summed E-state index contributed by atoms with van der Waals surface area (Å²) in [7, 11) is 0. The Morgan fingerprint density at radius 1 is 1.68 bits per heavy atom. The largest absolute Gasteiger partial charge is 0.394 e. The van der Waals surface area contributed by atoms with E-state index >= 15 is 0 Å². The molecule has 2 rings (SSSR count). The van der Waals surface area contributed by atoms with Crippen LogP contribution in [0.2, 0.25) is 0 Å². The van der Waals surface area contributed by atoms with E-state index in [1.807, 2.05) is 0 Å². The van der Waals surface area contributed by atoms with E-state index in [0.717, 1.165) is 18.0 Å². The van der Waals surface area contributed by atoms with Crippen molar-refractivity contribution in [1.82, 2.24) is 10.2 Å². The van der Waals surface area contributed by atoms with Gasteiger partial charge in [0.2, 0.25) is 5.83 Å². The van der Waals surface area contributed by atoms with Crippen LogP contribution in [0, 0.1) is 0 Å². The number of amides is 1. The first kappa shape index (κ1) is 13.9. The molecule has 0 bridgehead atoms. The lowest BCUT2D eigenvalue weighted by atomic mass is 9.98. The molecule has 2 heterocycles. The Morgan fingerprint density at radius 2 is 2.32 bits per heavy atom. The van der Waals surface area contributed by atoms with Crippen LogP contribution in [0.5, 0.6) is 0 Å². The zero-order valence-corrected chi connectivity index (χ0v) is 10.1. The molecule has 1 saturated heterocycles. The van der Waals surface area contributed by atoms with Crippen LogP contribution >= 0.6 is 0 Å². The molecule has 8 heteroatoms. The number of aliphatic hydroxyl groups excluding tert-OH is 2. The molecule has 3 N–H and O–H groups in total. The van der Waals surface area contributed by atoms with Crippen LogP contribution in [0.3, 0.4) is 0 Å². The van der Waals surface area contributed by atoms with Gasteiger partial charge in [0.15, 0.2) is 11.9 Å². The Labute approximate surface area is 108 Å². The Bertz CT molecular complexity index is 452. The first-order valence-corrected chi connectivity index (χ1v) is 5.58. The van der Waals surface area contributed by atoms with Gasteiger partial charge in [0, 0.05) is 6.20 Å². The van der Waals surface area contributed by atoms with Gasteiger partial charge < -0.3 is 25.2 Å². The van der Waals surface area contributed by atoms with E-state index in [1.54, 1.807) is 0 Å². The molecule has 0 radical (unpaired) electrons. The molecule has 0 aliphatic carbocycles. The number of rotatable bonds is 2. The molecule has 106 valence electrons. The number of hydrogen-bond donors (Lipinski definition) is 3. The molecule has 4 atom stereocenters. The third-order valence-corrected chi connectivity index (χ3v) is 3.19. The third-order valence-electron chi connectivity index (χ3n) is 3.19. The molecular formula is C11H14F2N2O4. The number of carbonyl (C=O) groups is 1. The van der Waals surface area contributed by atoms with Gasteiger partial charge in [-0.05, 0) is 6.92 Å². The van der Waals surface area contributed by atoms with E-state index in [0.29, 0.717) is 0 Å². The van der Waals surface area contributed by atoms with Crippen molar-refractivity contribution in [2.75, 3.05) is 6.61 Å². The lowest BCUT2D eigenvalue weighted by Crippen LogP contribution is -2.51. The standard InChI is InChI=1S/C11H14F2N2O4/c1-5-14-9(18)6(12)3-15(5)10-11(2,13)8(17)7(4-16)19-10/h3,7-8,10,16-17H,1,4H2,2H3,(H,14,18)/t7-,8-,10-,11-/m1/s1. The van der Waals surface area contributed by atoms with Crippen molar-refractivity contribution in [1.29, 1.82) is 0 Å². The van der Waals surface area contributed by atoms with Gasteiger partial charge in [0.1, 0.15) is 18.0 Å². The molecule has 1 amide bonds. The maximum absolute atomic E-state index is 14.5. The Morgan fingerprint density at radius 3 is 2.84 bits per heavy atom. The molecule has 6 nitrogen and oxygen atoms in total. The number of aliphatic hydroxyl groups is 2. The molecule has 0 spiro atoms. The van der Waals surface area contributed by atoms with Gasteiger partial charge in [-0.1, -0.05) is 6.58 Å². The lowest BCUT2D eigenvalue weighted by molar-refractivity contribution is -0.122. The molecule has 2 aliphatic heterocycles. The number of hydrogen-bond acceptors (Lipinski definition) is 5. The Balaban J connectivity index is 2.32. The summed E-state index contributed by atoms with van der Waals surface area (Å²) >= 11 is 0. The molecule has 2 aliphatic rings. The van der Waals surface area contributed by atoms with Crippen molar-refractivity contribution in [3.8, 4) is 0 Å². The normalized spacial score (nSPS) is 39.3. The van der Waals surface area contributed by atoms with Crippen LogP contribution in [0.15, 0.2) is 24.4 Å². The molecule has 0 saturated carbocycles. The van der Waals surface area contributed by atoms with Crippen molar-refractivity contribution in [3.05, 3.63) is 24.4 Å². The number of alkyl halides is 1. The quantitative estimate of drug-likeness (QED) is 0.634. The minimum absolute atomic E-state index is 0.0777. The van der Waals surface area contributed by atoms with Gasteiger partial charge in [-0.25, -0.2) is 4.39 Å². The van der Waals surface area contributed by atoms with E-state index < -0.39 is 42.4 Å². The number of halogens is 2. The van der Waals surface area contributed by atoms with Gasteiger partial charge in [0.25, 0.3) is 5.91 Å². The van der Waals surface area contributed by atoms with Gasteiger partial charge in [-0.15, -0.1) is 0 Å². The fourth-order valence-electron chi connectivity index (χ4n) is 2.09. The van der Waals surface area contributed by atoms with Crippen LogP contribution in [-0.4, -0.2) is 51.7 Å². The van der Waals surface area contributed by atoms with Crippen molar-refractivity contribution in [2.45, 2.75) is 31.0 Å². The van der Waals surface area contributed by atoms with Gasteiger partial charge >= 0.3 is 0 Å². The van der Waals surface area contributed by atoms with Crippen LogP contribution in [0.1, 0.15) is 6.92 Å². The molecule has 19 heavy (non-hydrogen) atoms. The minimum Gasteiger partial charge on any atom is -0.394 e. The fourth-order valence-corrected chi connectivity index (χ4v) is 2.09. The summed E-state index contributed by atoms with van der Waals surface area (Å²) in [6, 6.07) is 0. The van der Waals surface area contributed by atoms with Crippen molar-refractivity contribution < 1.29 is 28.5 Å². The van der Waals surface area contributed by atoms with Crippen LogP contribution in [0.25, 0.3) is 0 Å². The summed E-state index contributed by atoms with van der Waals surface area (Å²) < 4.78 is 32.9. The maximum atomic E-state index is 14.5. The smallest absolute Gasteiger partial charge is 0.287 e. The maximum Gasteiger partial charge on any atom is 0.287 e. The van der Waals surface area contributed by atoms with Crippen molar-refractivity contribution in [2.24, 2.45) is 0 Å². The zero-order chi connectivity index (χ0) is 14.4. The number of nitrogens with one attached hydrogen (secondary N) is 1. The monoisotopic (exact) mass is 276 g/mol. The van der Waals surface area contributed by atoms with Crippen molar-refractivity contribution in [3.63, 3.8) is 0 Å². The zero-order valence-electron chi connectivity index (χ0n) is 10.1. The third kappa shape index (κ3) is 2.11. The second-order valence-corrected chi connectivity index (χ2v) is 4.59. The van der Waals surface area contributed by atoms with Crippen LogP contribution in [0.4, 0.5) is 8.78 Å². The highest BCUT2D eigenvalue weighted by atomic mass is 19.1. The van der Waals surface area contributed by atoms with Gasteiger partial charge in [0.05, 0.1) is 6.61 Å². The summed E-state index contributed by atoms with van der Waals surface area (Å²) in [5.41, 5.74) is -2.27. The summed E-state index contributed by atoms with van der Waals surface area (Å²) in [6.45, 7) is 3.93. The molecule has 0 aromatic rings. The topological polar surface area (TPSA) is 82.0 Å². The number of nitrogens with zero attached hydrogens (tertiary/aromatic N) is 1. The van der Waals surface area contributed by atoms with E-state index in [2.05, 4.69) is 11.9 Å². The number of ether oxygens (including phenoxy) is 1. The highest BCUT2D eigenvalue weighted by Crippen LogP contribution is 2.38. The SMILES string of the molecule is C=C1NC(=O)C(F)=CN1[C@@H]1O[C@H](CO)[C@@H](O)[C@@]1(C)F. The van der Waals surface area contributed by atoms with Gasteiger partial charge in [-0.2, -0.15) is 4.39 Å². The van der Waals surface area contributed by atoms with Gasteiger partial charge in [-0.3, -0.25) is 4.79 Å². The number of carbonyl (C=O) groups excluding carboxylic acids is 1. The van der Waals surface area contributed by atoms with E-state index in [-0.39, 0.29) is 5.82 Å². The average molecular weight is 276 g/mol. The fraction of sp³-hybridized carbons (Fsp3) is 0.545. The lowest BCUT2D eigenvalue weighted by Gasteiger charge is -2.36. The molecule has 0 aromatic carbocycles. The van der Waals surface area contributed by atoms with E-state index in [9.17, 15) is 18.7 Å². The molecular weight excluding hydrogens is 262 g/mol. The highest BCUT2D eigenvalue weighted by Gasteiger charge is 2.56. The average Bonchev–Trinajstić information content (AvgIpc) is 2.56. The summed E-state index contributed by atoms with van der Waals surface area (Å²) in [5, 5.41) is 20.8.